The Morgan fingerprint density at radius 2 is 1.89 bits per heavy atom. The third-order valence-corrected chi connectivity index (χ3v) is 9.94. The van der Waals surface area contributed by atoms with Gasteiger partial charge in [-0.05, 0) is 38.7 Å². The third-order valence-electron chi connectivity index (χ3n) is 7.99. The maximum absolute atomic E-state index is 14.1. The van der Waals surface area contributed by atoms with E-state index in [4.69, 9.17) is 0 Å². The van der Waals surface area contributed by atoms with Gasteiger partial charge in [0.2, 0.25) is 17.7 Å². The summed E-state index contributed by atoms with van der Waals surface area (Å²) in [5.74, 6) is -1.27. The van der Waals surface area contributed by atoms with Crippen LogP contribution in [0.4, 0.5) is 0 Å². The SMILES string of the molecule is C=CCN(Cc1ccccc1)C(=O)[C@@H]1[C@H]2C(=O)N(CCCO)C(C(=O)N(CC=C)C(C)C)C23CC[C@H]1S3. The molecule has 3 heterocycles. The van der Waals surface area contributed by atoms with Crippen molar-refractivity contribution in [2.75, 3.05) is 26.2 Å². The molecule has 0 saturated carbocycles. The van der Waals surface area contributed by atoms with Crippen molar-refractivity contribution in [3.05, 3.63) is 61.2 Å². The Labute approximate surface area is 224 Å². The van der Waals surface area contributed by atoms with Gasteiger partial charge in [-0.25, -0.2) is 0 Å². The fourth-order valence-corrected chi connectivity index (χ4v) is 8.66. The lowest BCUT2D eigenvalue weighted by atomic mass is 9.70. The number of carbonyl (C=O) groups is 3. The summed E-state index contributed by atoms with van der Waals surface area (Å²) in [6.07, 6.45) is 5.37. The average molecular weight is 526 g/mol. The number of amides is 3. The van der Waals surface area contributed by atoms with Crippen molar-refractivity contribution >= 4 is 29.5 Å². The Morgan fingerprint density at radius 3 is 2.51 bits per heavy atom. The van der Waals surface area contributed by atoms with Crippen molar-refractivity contribution < 1.29 is 19.5 Å². The van der Waals surface area contributed by atoms with E-state index in [1.165, 1.54) is 0 Å². The maximum Gasteiger partial charge on any atom is 0.247 e. The Hall–Kier alpha value is -2.58. The maximum atomic E-state index is 14.1. The van der Waals surface area contributed by atoms with E-state index in [0.717, 1.165) is 18.4 Å². The van der Waals surface area contributed by atoms with E-state index >= 15 is 0 Å². The van der Waals surface area contributed by atoms with E-state index in [1.54, 1.807) is 38.6 Å². The van der Waals surface area contributed by atoms with Crippen LogP contribution >= 0.6 is 11.8 Å². The molecule has 1 aromatic carbocycles. The number of nitrogens with zero attached hydrogens (tertiary/aromatic N) is 3. The number of rotatable bonds is 12. The van der Waals surface area contributed by atoms with Crippen LogP contribution in [0.25, 0.3) is 0 Å². The smallest absolute Gasteiger partial charge is 0.247 e. The highest BCUT2D eigenvalue weighted by molar-refractivity contribution is 8.02. The monoisotopic (exact) mass is 525 g/mol. The fraction of sp³-hybridized carbons (Fsp3) is 0.552. The van der Waals surface area contributed by atoms with Gasteiger partial charge in [-0.15, -0.1) is 24.9 Å². The standard InChI is InChI=1S/C29H39N3O4S/c1-5-15-30(19-21-11-8-7-9-12-21)26(34)23-22-13-14-29(37-22)24(23)27(35)32(17-10-18-33)25(29)28(36)31(16-6-2)20(3)4/h5-9,11-12,20,22-25,33H,1-2,10,13-19H2,3-4H3/t22-,23+,24+,25?,29?/m1/s1. The number of carbonyl (C=O) groups excluding carboxylic acids is 3. The zero-order valence-corrected chi connectivity index (χ0v) is 22.7. The van der Waals surface area contributed by atoms with Crippen molar-refractivity contribution in [3.8, 4) is 0 Å². The van der Waals surface area contributed by atoms with Crippen LogP contribution < -0.4 is 0 Å². The molecule has 5 atom stereocenters. The van der Waals surface area contributed by atoms with Crippen LogP contribution in [0.1, 0.15) is 38.7 Å². The van der Waals surface area contributed by atoms with E-state index in [9.17, 15) is 19.5 Å². The number of hydrogen-bond acceptors (Lipinski definition) is 5. The predicted octanol–water partition coefficient (Wildman–Crippen LogP) is 3.10. The summed E-state index contributed by atoms with van der Waals surface area (Å²) in [5, 5.41) is 9.55. The van der Waals surface area contributed by atoms with E-state index < -0.39 is 22.6 Å². The summed E-state index contributed by atoms with van der Waals surface area (Å²) in [5.41, 5.74) is 1.02. The number of hydrogen-bond donors (Lipinski definition) is 1. The zero-order valence-electron chi connectivity index (χ0n) is 21.9. The topological polar surface area (TPSA) is 81.2 Å². The van der Waals surface area contributed by atoms with Gasteiger partial charge in [0, 0.05) is 44.1 Å². The lowest BCUT2D eigenvalue weighted by Crippen LogP contribution is -2.56. The molecule has 3 fully saturated rings. The molecule has 3 aliphatic heterocycles. The molecule has 3 aliphatic rings. The minimum absolute atomic E-state index is 0.00624. The zero-order chi connectivity index (χ0) is 26.7. The summed E-state index contributed by atoms with van der Waals surface area (Å²) >= 11 is 1.68. The second-order valence-electron chi connectivity index (χ2n) is 10.5. The first-order chi connectivity index (χ1) is 17.8. The van der Waals surface area contributed by atoms with Crippen molar-refractivity contribution in [1.82, 2.24) is 14.7 Å². The average Bonchev–Trinajstić information content (AvgIpc) is 3.52. The highest BCUT2D eigenvalue weighted by Gasteiger charge is 2.74. The number of aliphatic hydroxyl groups excluding tert-OH is 1. The first-order valence-electron chi connectivity index (χ1n) is 13.2. The molecule has 2 bridgehead atoms. The largest absolute Gasteiger partial charge is 0.396 e. The van der Waals surface area contributed by atoms with Gasteiger partial charge in [0.25, 0.3) is 0 Å². The highest BCUT2D eigenvalue weighted by atomic mass is 32.2. The summed E-state index contributed by atoms with van der Waals surface area (Å²) in [7, 11) is 0. The Morgan fingerprint density at radius 1 is 1.19 bits per heavy atom. The van der Waals surface area contributed by atoms with Gasteiger partial charge in [-0.1, -0.05) is 42.5 Å². The Bertz CT molecular complexity index is 1030. The van der Waals surface area contributed by atoms with Gasteiger partial charge in [-0.2, -0.15) is 0 Å². The van der Waals surface area contributed by atoms with E-state index in [0.29, 0.717) is 32.6 Å². The second-order valence-corrected chi connectivity index (χ2v) is 12.1. The number of fused-ring (bicyclic) bond motifs is 1. The van der Waals surface area contributed by atoms with Gasteiger partial charge >= 0.3 is 0 Å². The predicted molar refractivity (Wildman–Crippen MR) is 147 cm³/mol. The van der Waals surface area contributed by atoms with Crippen LogP contribution in [0.5, 0.6) is 0 Å². The third kappa shape index (κ3) is 4.86. The number of likely N-dealkylation sites (tertiary alicyclic amines) is 1. The first-order valence-corrected chi connectivity index (χ1v) is 14.1. The van der Waals surface area contributed by atoms with Crippen LogP contribution in [0.15, 0.2) is 55.6 Å². The van der Waals surface area contributed by atoms with Gasteiger partial charge in [-0.3, -0.25) is 14.4 Å². The second kappa shape index (κ2) is 11.4. The van der Waals surface area contributed by atoms with Crippen molar-refractivity contribution in [1.29, 1.82) is 0 Å². The van der Waals surface area contributed by atoms with Gasteiger partial charge < -0.3 is 19.8 Å². The molecule has 7 nitrogen and oxygen atoms in total. The molecule has 0 aliphatic carbocycles. The number of benzene rings is 1. The molecule has 2 unspecified atom stereocenters. The summed E-state index contributed by atoms with van der Waals surface area (Å²) in [6.45, 7) is 13.1. The molecule has 4 rings (SSSR count). The summed E-state index contributed by atoms with van der Waals surface area (Å²) < 4.78 is -0.629. The quantitative estimate of drug-likeness (QED) is 0.424. The molecule has 1 N–H and O–H groups in total. The minimum Gasteiger partial charge on any atom is -0.396 e. The van der Waals surface area contributed by atoms with Crippen LogP contribution in [-0.4, -0.2) is 85.8 Å². The molecule has 1 aromatic rings. The lowest BCUT2D eigenvalue weighted by Gasteiger charge is -2.38. The molecular formula is C29H39N3O4S. The molecule has 1 spiro atoms. The summed E-state index contributed by atoms with van der Waals surface area (Å²) in [6, 6.07) is 9.14. The van der Waals surface area contributed by atoms with E-state index in [2.05, 4.69) is 13.2 Å². The first kappa shape index (κ1) is 27.5. The van der Waals surface area contributed by atoms with E-state index in [1.807, 2.05) is 44.2 Å². The van der Waals surface area contributed by atoms with Crippen LogP contribution in [0, 0.1) is 11.8 Å². The molecular weight excluding hydrogens is 486 g/mol. The molecule has 0 radical (unpaired) electrons. The number of aliphatic hydroxyl groups is 1. The Kier molecular flexibility index (Phi) is 8.49. The Balaban J connectivity index is 1.69. The fourth-order valence-electron chi connectivity index (χ4n) is 6.45. The van der Waals surface area contributed by atoms with E-state index in [-0.39, 0.29) is 35.6 Å². The van der Waals surface area contributed by atoms with Crippen LogP contribution in [0.2, 0.25) is 0 Å². The van der Waals surface area contributed by atoms with Gasteiger partial charge in [0.15, 0.2) is 0 Å². The molecule has 8 heteroatoms. The minimum atomic E-state index is -0.645. The van der Waals surface area contributed by atoms with Crippen molar-refractivity contribution in [2.45, 2.75) is 61.7 Å². The highest BCUT2D eigenvalue weighted by Crippen LogP contribution is 2.66. The van der Waals surface area contributed by atoms with Crippen LogP contribution in [-0.2, 0) is 20.9 Å². The van der Waals surface area contributed by atoms with Gasteiger partial charge in [0.05, 0.1) is 16.6 Å². The van der Waals surface area contributed by atoms with Crippen molar-refractivity contribution in [2.24, 2.45) is 11.8 Å². The number of thioether (sulfide) groups is 1. The normalized spacial score (nSPS) is 27.9. The van der Waals surface area contributed by atoms with Crippen LogP contribution in [0.3, 0.4) is 0 Å². The molecule has 3 amide bonds. The molecule has 0 aromatic heterocycles. The molecule has 3 saturated heterocycles. The lowest BCUT2D eigenvalue weighted by molar-refractivity contribution is -0.145. The summed E-state index contributed by atoms with van der Waals surface area (Å²) in [4.78, 5) is 47.5. The van der Waals surface area contributed by atoms with Gasteiger partial charge in [0.1, 0.15) is 6.04 Å². The molecule has 37 heavy (non-hydrogen) atoms. The van der Waals surface area contributed by atoms with Crippen molar-refractivity contribution in [3.63, 3.8) is 0 Å². The molecule has 200 valence electrons.